The summed E-state index contributed by atoms with van der Waals surface area (Å²) in [4.78, 5) is 2.13. The minimum Gasteiger partial charge on any atom is -0.503 e. The molecule has 1 aromatic rings. The van der Waals surface area contributed by atoms with Gasteiger partial charge in [0.1, 0.15) is 0 Å². The Hall–Kier alpha value is -1.20. The fourth-order valence-electron chi connectivity index (χ4n) is 2.54. The molecule has 3 nitrogen and oxygen atoms in total. The Morgan fingerprint density at radius 1 is 1.35 bits per heavy atom. The van der Waals surface area contributed by atoms with Gasteiger partial charge in [-0.1, -0.05) is 6.92 Å². The first kappa shape index (κ1) is 15.2. The van der Waals surface area contributed by atoms with Gasteiger partial charge in [-0.2, -0.15) is 0 Å². The van der Waals surface area contributed by atoms with Gasteiger partial charge in [-0.05, 0) is 43.5 Å². The van der Waals surface area contributed by atoms with Crippen LogP contribution in [0.5, 0.6) is 5.75 Å². The number of phenols is 1. The third kappa shape index (κ3) is 3.90. The van der Waals surface area contributed by atoms with E-state index in [4.69, 9.17) is 9.84 Å². The third-order valence-corrected chi connectivity index (χ3v) is 3.50. The van der Waals surface area contributed by atoms with E-state index in [0.717, 1.165) is 39.0 Å². The van der Waals surface area contributed by atoms with Crippen molar-refractivity contribution in [2.75, 3.05) is 19.7 Å². The number of halogens is 2. The second-order valence-electron chi connectivity index (χ2n) is 5.28. The van der Waals surface area contributed by atoms with Crippen LogP contribution in [0, 0.1) is 11.6 Å². The number of rotatable bonds is 5. The van der Waals surface area contributed by atoms with Gasteiger partial charge in [-0.25, -0.2) is 8.78 Å². The summed E-state index contributed by atoms with van der Waals surface area (Å²) in [5.41, 5.74) is 0.536. The zero-order chi connectivity index (χ0) is 14.5. The topological polar surface area (TPSA) is 32.7 Å². The zero-order valence-corrected chi connectivity index (χ0v) is 11.7. The molecule has 1 aliphatic heterocycles. The van der Waals surface area contributed by atoms with Crippen molar-refractivity contribution in [3.63, 3.8) is 0 Å². The summed E-state index contributed by atoms with van der Waals surface area (Å²) in [5, 5.41) is 9.09. The highest BCUT2D eigenvalue weighted by atomic mass is 19.1. The number of ether oxygens (including phenoxy) is 1. The number of phenolic OH excluding ortho intramolecular Hbond substituents is 1. The van der Waals surface area contributed by atoms with Gasteiger partial charge < -0.3 is 9.84 Å². The standard InChI is InChI=1S/C15H21F2NO2/c1-2-6-20-12-4-3-5-18(10-12)9-11-7-13(16)15(19)14(17)8-11/h7-8,12,19H,2-6,9-10H2,1H3. The van der Waals surface area contributed by atoms with Gasteiger partial charge in [0.25, 0.3) is 0 Å². The number of nitrogens with zero attached hydrogens (tertiary/aromatic N) is 1. The Bertz CT molecular complexity index is 430. The molecular formula is C15H21F2NO2. The second kappa shape index (κ2) is 6.99. The number of piperidine rings is 1. The highest BCUT2D eigenvalue weighted by Gasteiger charge is 2.21. The van der Waals surface area contributed by atoms with Crippen molar-refractivity contribution in [2.24, 2.45) is 0 Å². The van der Waals surface area contributed by atoms with E-state index in [0.29, 0.717) is 12.1 Å². The van der Waals surface area contributed by atoms with E-state index in [9.17, 15) is 8.78 Å². The number of hydrogen-bond donors (Lipinski definition) is 1. The van der Waals surface area contributed by atoms with E-state index in [1.165, 1.54) is 12.1 Å². The lowest BCUT2D eigenvalue weighted by Gasteiger charge is -2.32. The van der Waals surface area contributed by atoms with Crippen LogP contribution in [0.2, 0.25) is 0 Å². The maximum atomic E-state index is 13.3. The Kier molecular flexibility index (Phi) is 5.31. The van der Waals surface area contributed by atoms with Gasteiger partial charge in [0.05, 0.1) is 6.10 Å². The second-order valence-corrected chi connectivity index (χ2v) is 5.28. The Morgan fingerprint density at radius 2 is 2.05 bits per heavy atom. The summed E-state index contributed by atoms with van der Waals surface area (Å²) in [6.07, 6.45) is 3.26. The van der Waals surface area contributed by atoms with E-state index in [-0.39, 0.29) is 6.10 Å². The molecule has 1 atom stereocenters. The smallest absolute Gasteiger partial charge is 0.187 e. The number of likely N-dealkylation sites (tertiary alicyclic amines) is 1. The first-order chi connectivity index (χ1) is 9.60. The third-order valence-electron chi connectivity index (χ3n) is 3.50. The Morgan fingerprint density at radius 3 is 2.70 bits per heavy atom. The highest BCUT2D eigenvalue weighted by molar-refractivity contribution is 5.30. The minimum absolute atomic E-state index is 0.204. The molecule has 20 heavy (non-hydrogen) atoms. The molecule has 5 heteroatoms. The average Bonchev–Trinajstić information content (AvgIpc) is 2.43. The van der Waals surface area contributed by atoms with Gasteiger partial charge in [0, 0.05) is 19.7 Å². The molecule has 1 unspecified atom stereocenters. The lowest BCUT2D eigenvalue weighted by atomic mass is 10.1. The molecule has 1 fully saturated rings. The van der Waals surface area contributed by atoms with Crippen LogP contribution < -0.4 is 0 Å². The summed E-state index contributed by atoms with van der Waals surface area (Å²) in [7, 11) is 0. The largest absolute Gasteiger partial charge is 0.503 e. The van der Waals surface area contributed by atoms with Crippen molar-refractivity contribution in [2.45, 2.75) is 38.8 Å². The van der Waals surface area contributed by atoms with E-state index in [2.05, 4.69) is 11.8 Å². The molecule has 0 spiro atoms. The summed E-state index contributed by atoms with van der Waals surface area (Å²) < 4.78 is 32.3. The Balaban J connectivity index is 1.95. The van der Waals surface area contributed by atoms with Crippen molar-refractivity contribution < 1.29 is 18.6 Å². The quantitative estimate of drug-likeness (QED) is 0.902. The molecule has 0 amide bonds. The fourth-order valence-corrected chi connectivity index (χ4v) is 2.54. The van der Waals surface area contributed by atoms with E-state index in [1.807, 2.05) is 0 Å². The lowest BCUT2D eigenvalue weighted by molar-refractivity contribution is -0.00226. The van der Waals surface area contributed by atoms with Crippen molar-refractivity contribution in [1.82, 2.24) is 4.90 Å². The molecule has 1 saturated heterocycles. The summed E-state index contributed by atoms with van der Waals surface area (Å²) in [6.45, 7) is 4.98. The van der Waals surface area contributed by atoms with Crippen molar-refractivity contribution in [1.29, 1.82) is 0 Å². The van der Waals surface area contributed by atoms with E-state index >= 15 is 0 Å². The SMILES string of the molecule is CCCOC1CCCN(Cc2cc(F)c(O)c(F)c2)C1. The van der Waals surface area contributed by atoms with Gasteiger partial charge in [0.2, 0.25) is 0 Å². The van der Waals surface area contributed by atoms with Gasteiger partial charge >= 0.3 is 0 Å². The molecule has 0 radical (unpaired) electrons. The average molecular weight is 285 g/mol. The van der Waals surface area contributed by atoms with Crippen LogP contribution in [0.25, 0.3) is 0 Å². The first-order valence-electron chi connectivity index (χ1n) is 7.11. The van der Waals surface area contributed by atoms with Crippen molar-refractivity contribution in [3.05, 3.63) is 29.3 Å². The lowest BCUT2D eigenvalue weighted by Crippen LogP contribution is -2.39. The molecule has 1 heterocycles. The van der Waals surface area contributed by atoms with Gasteiger partial charge in [0.15, 0.2) is 17.4 Å². The zero-order valence-electron chi connectivity index (χ0n) is 11.7. The number of benzene rings is 1. The highest BCUT2D eigenvalue weighted by Crippen LogP contribution is 2.23. The van der Waals surface area contributed by atoms with Crippen LogP contribution in [0.1, 0.15) is 31.7 Å². The van der Waals surface area contributed by atoms with E-state index in [1.54, 1.807) is 0 Å². The molecule has 0 aliphatic carbocycles. The van der Waals surface area contributed by atoms with E-state index < -0.39 is 17.4 Å². The predicted molar refractivity (Wildman–Crippen MR) is 72.6 cm³/mol. The first-order valence-corrected chi connectivity index (χ1v) is 7.11. The molecule has 1 aromatic carbocycles. The van der Waals surface area contributed by atoms with Gasteiger partial charge in [-0.3, -0.25) is 4.90 Å². The molecule has 112 valence electrons. The summed E-state index contributed by atoms with van der Waals surface area (Å²) in [6, 6.07) is 2.38. The molecule has 1 N–H and O–H groups in total. The Labute approximate surface area is 118 Å². The molecular weight excluding hydrogens is 264 g/mol. The maximum Gasteiger partial charge on any atom is 0.187 e. The van der Waals surface area contributed by atoms with Crippen LogP contribution in [0.15, 0.2) is 12.1 Å². The summed E-state index contributed by atoms with van der Waals surface area (Å²) >= 11 is 0. The summed E-state index contributed by atoms with van der Waals surface area (Å²) in [5.74, 6) is -2.72. The molecule has 0 bridgehead atoms. The number of aromatic hydroxyl groups is 1. The molecule has 0 aromatic heterocycles. The minimum atomic E-state index is -0.907. The fraction of sp³-hybridized carbons (Fsp3) is 0.600. The van der Waals surface area contributed by atoms with Crippen LogP contribution >= 0.6 is 0 Å². The van der Waals surface area contributed by atoms with Crippen molar-refractivity contribution >= 4 is 0 Å². The number of hydrogen-bond acceptors (Lipinski definition) is 3. The van der Waals surface area contributed by atoms with Crippen molar-refractivity contribution in [3.8, 4) is 5.75 Å². The van der Waals surface area contributed by atoms with Crippen LogP contribution in [0.4, 0.5) is 8.78 Å². The predicted octanol–water partition coefficient (Wildman–Crippen LogP) is 3.06. The monoisotopic (exact) mass is 285 g/mol. The van der Waals surface area contributed by atoms with Gasteiger partial charge in [-0.15, -0.1) is 0 Å². The maximum absolute atomic E-state index is 13.3. The van der Waals surface area contributed by atoms with Crippen LogP contribution in [0.3, 0.4) is 0 Å². The molecule has 1 aliphatic rings. The van der Waals surface area contributed by atoms with Crippen LogP contribution in [-0.2, 0) is 11.3 Å². The normalized spacial score (nSPS) is 20.2. The molecule has 2 rings (SSSR count). The molecule has 0 saturated carbocycles. The van der Waals surface area contributed by atoms with Crippen LogP contribution in [-0.4, -0.2) is 35.8 Å².